The molecule has 2 aromatic heterocycles. The highest BCUT2D eigenvalue weighted by atomic mass is 32.1. The van der Waals surface area contributed by atoms with E-state index in [4.69, 9.17) is 5.84 Å². The number of carbonyl (C=O) groups excluding carboxylic acids is 1. The normalized spacial score (nSPS) is 18.5. The molecule has 3 rings (SSSR count). The van der Waals surface area contributed by atoms with E-state index in [1.54, 1.807) is 18.3 Å². The predicted octanol–water partition coefficient (Wildman–Crippen LogP) is 0.692. The molecule has 1 aliphatic rings. The molecule has 1 atom stereocenters. The first-order chi connectivity index (χ1) is 9.67. The van der Waals surface area contributed by atoms with Crippen molar-refractivity contribution in [1.29, 1.82) is 0 Å². The van der Waals surface area contributed by atoms with E-state index >= 15 is 0 Å². The maximum atomic E-state index is 11.1. The van der Waals surface area contributed by atoms with Gasteiger partial charge in [-0.2, -0.15) is 4.98 Å². The fraction of sp³-hybridized carbons (Fsp3) is 0.417. The summed E-state index contributed by atoms with van der Waals surface area (Å²) in [6, 6.07) is 2.19. The molecule has 0 spiro atoms. The van der Waals surface area contributed by atoms with E-state index in [0.29, 0.717) is 5.95 Å². The number of hydrogen-bond acceptors (Lipinski definition) is 7. The number of nitrogens with zero attached hydrogens (tertiary/aromatic N) is 3. The summed E-state index contributed by atoms with van der Waals surface area (Å²) in [6.45, 7) is 3.16. The Bertz CT molecular complexity index is 642. The summed E-state index contributed by atoms with van der Waals surface area (Å²) in [5.74, 6) is 6.72. The lowest BCUT2D eigenvalue weighted by Gasteiger charge is -2.19. The fourth-order valence-electron chi connectivity index (χ4n) is 2.50. The van der Waals surface area contributed by atoms with Gasteiger partial charge in [0.1, 0.15) is 10.6 Å². The second kappa shape index (κ2) is 5.22. The van der Waals surface area contributed by atoms with Crippen molar-refractivity contribution < 1.29 is 4.79 Å². The highest BCUT2D eigenvalue weighted by molar-refractivity contribution is 7.16. The molecule has 0 saturated carbocycles. The number of nitrogens with one attached hydrogen (secondary N) is 2. The molecule has 7 nitrogen and oxygen atoms in total. The zero-order valence-corrected chi connectivity index (χ0v) is 11.9. The SMILES string of the molecule is CC(=O)NC1CCN(c2nc(NN)nc3sccc23)C1. The molecule has 4 N–H and O–H groups in total. The van der Waals surface area contributed by atoms with Crippen molar-refractivity contribution in [1.82, 2.24) is 15.3 Å². The minimum absolute atomic E-state index is 0.00420. The van der Waals surface area contributed by atoms with E-state index < -0.39 is 0 Å². The van der Waals surface area contributed by atoms with Crippen LogP contribution in [0.1, 0.15) is 13.3 Å². The van der Waals surface area contributed by atoms with Gasteiger partial charge in [-0.25, -0.2) is 10.8 Å². The van der Waals surface area contributed by atoms with Crippen molar-refractivity contribution in [3.63, 3.8) is 0 Å². The number of aromatic nitrogens is 2. The highest BCUT2D eigenvalue weighted by Crippen LogP contribution is 2.30. The monoisotopic (exact) mass is 292 g/mol. The number of nitrogens with two attached hydrogens (primary N) is 1. The summed E-state index contributed by atoms with van der Waals surface area (Å²) in [5.41, 5.74) is 2.50. The van der Waals surface area contributed by atoms with Crippen LogP contribution >= 0.6 is 11.3 Å². The third-order valence-electron chi connectivity index (χ3n) is 3.33. The standard InChI is InChI=1S/C12H16N6OS/c1-7(19)14-8-2-4-18(6-8)10-9-3-5-20-11(9)16-12(15-10)17-13/h3,5,8H,2,4,6,13H2,1H3,(H,14,19)(H,15,16,17). The minimum atomic E-state index is 0.00420. The third-order valence-corrected chi connectivity index (χ3v) is 4.14. The van der Waals surface area contributed by atoms with Crippen LogP contribution in [0, 0.1) is 0 Å². The number of amides is 1. The van der Waals surface area contributed by atoms with Gasteiger partial charge in [0, 0.05) is 26.1 Å². The molecule has 1 fully saturated rings. The Labute approximate surface area is 120 Å². The average molecular weight is 292 g/mol. The van der Waals surface area contributed by atoms with Crippen LogP contribution < -0.4 is 21.5 Å². The van der Waals surface area contributed by atoms with E-state index in [1.807, 2.05) is 11.4 Å². The first-order valence-corrected chi connectivity index (χ1v) is 7.29. The first kappa shape index (κ1) is 13.1. The minimum Gasteiger partial charge on any atom is -0.354 e. The Morgan fingerprint density at radius 2 is 2.40 bits per heavy atom. The lowest BCUT2D eigenvalue weighted by molar-refractivity contribution is -0.119. The van der Waals surface area contributed by atoms with Gasteiger partial charge in [-0.15, -0.1) is 11.3 Å². The molecule has 1 saturated heterocycles. The Balaban J connectivity index is 1.90. The van der Waals surface area contributed by atoms with Crippen molar-refractivity contribution in [2.75, 3.05) is 23.4 Å². The van der Waals surface area contributed by atoms with Crippen LogP contribution in [0.5, 0.6) is 0 Å². The lowest BCUT2D eigenvalue weighted by atomic mass is 10.2. The fourth-order valence-corrected chi connectivity index (χ4v) is 3.26. The van der Waals surface area contributed by atoms with Crippen molar-refractivity contribution >= 4 is 39.2 Å². The summed E-state index contributed by atoms with van der Waals surface area (Å²) in [6.07, 6.45) is 0.917. The van der Waals surface area contributed by atoms with Gasteiger partial charge >= 0.3 is 0 Å². The van der Waals surface area contributed by atoms with Crippen molar-refractivity contribution in [2.45, 2.75) is 19.4 Å². The number of rotatable bonds is 3. The van der Waals surface area contributed by atoms with Gasteiger partial charge in [0.15, 0.2) is 0 Å². The van der Waals surface area contributed by atoms with Gasteiger partial charge in [-0.1, -0.05) is 0 Å². The number of carbonyl (C=O) groups is 1. The molecule has 0 radical (unpaired) electrons. The van der Waals surface area contributed by atoms with Crippen LogP contribution in [-0.2, 0) is 4.79 Å². The van der Waals surface area contributed by atoms with Gasteiger partial charge in [0.05, 0.1) is 5.39 Å². The van der Waals surface area contributed by atoms with Crippen molar-refractivity contribution in [2.24, 2.45) is 5.84 Å². The van der Waals surface area contributed by atoms with Crippen LogP contribution in [0.4, 0.5) is 11.8 Å². The highest BCUT2D eigenvalue weighted by Gasteiger charge is 2.26. The number of thiophene rings is 1. The van der Waals surface area contributed by atoms with E-state index in [0.717, 1.165) is 35.5 Å². The maximum Gasteiger partial charge on any atom is 0.240 e. The van der Waals surface area contributed by atoms with E-state index in [-0.39, 0.29) is 11.9 Å². The van der Waals surface area contributed by atoms with Crippen LogP contribution in [0.25, 0.3) is 10.2 Å². The van der Waals surface area contributed by atoms with Crippen LogP contribution in [0.3, 0.4) is 0 Å². The smallest absolute Gasteiger partial charge is 0.240 e. The lowest BCUT2D eigenvalue weighted by Crippen LogP contribution is -2.35. The molecule has 1 unspecified atom stereocenters. The van der Waals surface area contributed by atoms with Gasteiger partial charge in [-0.3, -0.25) is 10.2 Å². The van der Waals surface area contributed by atoms with Crippen molar-refractivity contribution in [3.8, 4) is 0 Å². The van der Waals surface area contributed by atoms with Crippen LogP contribution in [-0.4, -0.2) is 35.0 Å². The zero-order valence-electron chi connectivity index (χ0n) is 11.1. The van der Waals surface area contributed by atoms with Crippen LogP contribution in [0.2, 0.25) is 0 Å². The first-order valence-electron chi connectivity index (χ1n) is 6.41. The molecule has 0 aliphatic carbocycles. The zero-order chi connectivity index (χ0) is 14.1. The van der Waals surface area contributed by atoms with Crippen LogP contribution in [0.15, 0.2) is 11.4 Å². The van der Waals surface area contributed by atoms with E-state index in [9.17, 15) is 4.79 Å². The number of hydrogen-bond donors (Lipinski definition) is 3. The van der Waals surface area contributed by atoms with Gasteiger partial charge in [0.2, 0.25) is 11.9 Å². The quantitative estimate of drug-likeness (QED) is 0.569. The molecule has 0 aromatic carbocycles. The molecule has 106 valence electrons. The molecular formula is C12H16N6OS. The number of anilines is 2. The molecule has 8 heteroatoms. The van der Waals surface area contributed by atoms with Gasteiger partial charge < -0.3 is 10.2 Å². The molecule has 3 heterocycles. The van der Waals surface area contributed by atoms with E-state index in [1.165, 1.54) is 0 Å². The third kappa shape index (κ3) is 2.39. The number of hydrazine groups is 1. The Hall–Kier alpha value is -1.93. The molecule has 0 bridgehead atoms. The summed E-state index contributed by atoms with van der Waals surface area (Å²) < 4.78 is 0. The molecule has 20 heavy (non-hydrogen) atoms. The van der Waals surface area contributed by atoms with Gasteiger partial charge in [-0.05, 0) is 17.9 Å². The van der Waals surface area contributed by atoms with E-state index in [2.05, 4.69) is 25.6 Å². The topological polar surface area (TPSA) is 96.2 Å². The summed E-state index contributed by atoms with van der Waals surface area (Å²) in [5, 5.41) is 5.97. The molecule has 2 aromatic rings. The molecule has 1 aliphatic heterocycles. The Kier molecular flexibility index (Phi) is 3.41. The summed E-state index contributed by atoms with van der Waals surface area (Å²) >= 11 is 1.56. The second-order valence-electron chi connectivity index (χ2n) is 4.79. The molecule has 1 amide bonds. The predicted molar refractivity (Wildman–Crippen MR) is 79.7 cm³/mol. The average Bonchev–Trinajstić information content (AvgIpc) is 3.05. The largest absolute Gasteiger partial charge is 0.354 e. The number of nitrogen functional groups attached to an aromatic ring is 1. The Morgan fingerprint density at radius 3 is 3.15 bits per heavy atom. The van der Waals surface area contributed by atoms with Gasteiger partial charge in [0.25, 0.3) is 0 Å². The summed E-state index contributed by atoms with van der Waals surface area (Å²) in [7, 11) is 0. The Morgan fingerprint density at radius 1 is 1.55 bits per heavy atom. The van der Waals surface area contributed by atoms with Crippen molar-refractivity contribution in [3.05, 3.63) is 11.4 Å². The maximum absolute atomic E-state index is 11.1. The summed E-state index contributed by atoms with van der Waals surface area (Å²) in [4.78, 5) is 23.0. The number of fused-ring (bicyclic) bond motifs is 1. The molecular weight excluding hydrogens is 276 g/mol. The second-order valence-corrected chi connectivity index (χ2v) is 5.68.